The Bertz CT molecular complexity index is 1800. The SMILES string of the molecule is C.CN(C)c1cccc2c(S(=O)(=O)Cl)cccc12.CN(C)c1cccc2c(S(=O)(=O)NCCN=[N+]=[N-])cccc12.NCCBr.[Br-]. The minimum absolute atomic E-state index is 0. The first-order valence-electron chi connectivity index (χ1n) is 12.9. The topological polar surface area (TPSA) is 162 Å². The van der Waals surface area contributed by atoms with Gasteiger partial charge in [0.25, 0.3) is 9.05 Å². The zero-order valence-electron chi connectivity index (χ0n) is 24.7. The third kappa shape index (κ3) is 11.9. The highest BCUT2D eigenvalue weighted by molar-refractivity contribution is 9.09. The summed E-state index contributed by atoms with van der Waals surface area (Å²) in [7, 11) is 5.70. The van der Waals surface area contributed by atoms with E-state index in [-0.39, 0.29) is 47.3 Å². The standard InChI is InChI=1S/C14H17N5O2S.C12H12ClNO2S.C2H6BrN.CH4.BrH/c1-19(2)13-7-3-6-12-11(13)5-4-8-14(12)22(20,21)17-10-9-16-18-15;1-14(2)11-7-3-6-10-9(11)5-4-8-12(10)17(13,15)16;3-1-2-4;;/h3-8,17H,9-10H2,1-2H3;3-8H,1-2H3;1-2,4H2;1H4;1H/p-1. The van der Waals surface area contributed by atoms with Crippen LogP contribution >= 0.6 is 26.6 Å². The van der Waals surface area contributed by atoms with Crippen LogP contribution in [-0.4, -0.2) is 70.0 Å². The number of halogens is 3. The van der Waals surface area contributed by atoms with Gasteiger partial charge >= 0.3 is 0 Å². The molecule has 0 amide bonds. The van der Waals surface area contributed by atoms with Gasteiger partial charge in [0.2, 0.25) is 10.0 Å². The van der Waals surface area contributed by atoms with Crippen molar-refractivity contribution < 1.29 is 33.8 Å². The van der Waals surface area contributed by atoms with Crippen molar-refractivity contribution >= 4 is 78.6 Å². The van der Waals surface area contributed by atoms with Gasteiger partial charge in [-0.15, -0.1) is 0 Å². The molecule has 0 aliphatic heterocycles. The molecule has 0 radical (unpaired) electrons. The van der Waals surface area contributed by atoms with E-state index in [2.05, 4.69) is 30.7 Å². The van der Waals surface area contributed by atoms with Gasteiger partial charge in [-0.1, -0.05) is 77.0 Å². The predicted molar refractivity (Wildman–Crippen MR) is 188 cm³/mol. The summed E-state index contributed by atoms with van der Waals surface area (Å²) in [5.74, 6) is 0. The Morgan fingerprint density at radius 1 is 0.822 bits per heavy atom. The summed E-state index contributed by atoms with van der Waals surface area (Å²) in [4.78, 5) is 6.84. The van der Waals surface area contributed by atoms with Gasteiger partial charge in [0.05, 0.1) is 9.79 Å². The molecule has 16 heteroatoms. The molecule has 45 heavy (non-hydrogen) atoms. The van der Waals surface area contributed by atoms with Crippen LogP contribution in [0.1, 0.15) is 7.43 Å². The van der Waals surface area contributed by atoms with Gasteiger partial charge in [0, 0.05) is 102 Å². The van der Waals surface area contributed by atoms with Crippen molar-refractivity contribution in [3.63, 3.8) is 0 Å². The normalized spacial score (nSPS) is 10.6. The van der Waals surface area contributed by atoms with Gasteiger partial charge in [-0.05, 0) is 29.8 Å². The van der Waals surface area contributed by atoms with E-state index in [1.807, 2.05) is 74.4 Å². The van der Waals surface area contributed by atoms with Gasteiger partial charge in [-0.25, -0.2) is 21.6 Å². The summed E-state index contributed by atoms with van der Waals surface area (Å²) in [6, 6.07) is 21.4. The molecular weight excluding hydrogens is 770 g/mol. The predicted octanol–water partition coefficient (Wildman–Crippen LogP) is 3.31. The largest absolute Gasteiger partial charge is 1.00 e. The van der Waals surface area contributed by atoms with Crippen molar-refractivity contribution in [3.05, 3.63) is 83.2 Å². The zero-order chi connectivity index (χ0) is 32.2. The van der Waals surface area contributed by atoms with Crippen molar-refractivity contribution in [2.45, 2.75) is 17.2 Å². The molecule has 0 atom stereocenters. The number of hydrogen-bond donors (Lipinski definition) is 2. The number of nitrogens with one attached hydrogen (secondary N) is 1. The lowest BCUT2D eigenvalue weighted by molar-refractivity contribution is -0.0000139. The number of azide groups is 1. The van der Waals surface area contributed by atoms with Crippen LogP contribution in [0.25, 0.3) is 32.0 Å². The molecule has 0 aliphatic carbocycles. The molecule has 0 bridgehead atoms. The van der Waals surface area contributed by atoms with Crippen LogP contribution in [0.4, 0.5) is 11.4 Å². The van der Waals surface area contributed by atoms with E-state index < -0.39 is 19.1 Å². The van der Waals surface area contributed by atoms with E-state index in [4.69, 9.17) is 21.9 Å². The summed E-state index contributed by atoms with van der Waals surface area (Å²) in [5, 5.41) is 7.27. The Labute approximate surface area is 289 Å². The van der Waals surface area contributed by atoms with Crippen LogP contribution in [0.3, 0.4) is 0 Å². The first kappa shape index (κ1) is 42.4. The number of fused-ring (bicyclic) bond motifs is 2. The Kier molecular flexibility index (Phi) is 18.6. The second-order valence-electron chi connectivity index (χ2n) is 9.31. The first-order chi connectivity index (χ1) is 20.3. The van der Waals surface area contributed by atoms with Gasteiger partial charge in [-0.2, -0.15) is 0 Å². The molecule has 4 aromatic rings. The number of benzene rings is 4. The second-order valence-corrected chi connectivity index (χ2v) is 14.4. The highest BCUT2D eigenvalue weighted by atomic mass is 79.9. The molecule has 0 spiro atoms. The van der Waals surface area contributed by atoms with Gasteiger partial charge in [0.15, 0.2) is 0 Å². The summed E-state index contributed by atoms with van der Waals surface area (Å²) in [5.41, 5.74) is 15.1. The molecule has 0 unspecified atom stereocenters. The number of nitrogens with two attached hydrogens (primary N) is 1. The third-order valence-electron chi connectivity index (χ3n) is 5.91. The number of rotatable bonds is 9. The molecule has 0 heterocycles. The van der Waals surface area contributed by atoms with Gasteiger partial charge in [-0.3, -0.25) is 0 Å². The quantitative estimate of drug-likeness (QED) is 0.0656. The molecule has 4 rings (SSSR count). The van der Waals surface area contributed by atoms with Crippen molar-refractivity contribution in [2.75, 3.05) is 63.0 Å². The van der Waals surface area contributed by atoms with Crippen molar-refractivity contribution in [1.29, 1.82) is 0 Å². The molecule has 248 valence electrons. The van der Waals surface area contributed by atoms with E-state index in [9.17, 15) is 16.8 Å². The Morgan fingerprint density at radius 3 is 1.62 bits per heavy atom. The van der Waals surface area contributed by atoms with Crippen LogP contribution in [0.5, 0.6) is 0 Å². The maximum Gasteiger partial charge on any atom is 0.261 e. The van der Waals surface area contributed by atoms with E-state index in [0.717, 1.165) is 34.0 Å². The highest BCUT2D eigenvalue weighted by Crippen LogP contribution is 2.32. The summed E-state index contributed by atoms with van der Waals surface area (Å²) in [6.07, 6.45) is 0. The summed E-state index contributed by atoms with van der Waals surface area (Å²) < 4.78 is 50.3. The molecule has 0 aliphatic rings. The molecule has 11 nitrogen and oxygen atoms in total. The van der Waals surface area contributed by atoms with Gasteiger partial charge < -0.3 is 32.5 Å². The van der Waals surface area contributed by atoms with Crippen LogP contribution in [-0.2, 0) is 19.1 Å². The number of sulfonamides is 1. The minimum atomic E-state index is -3.72. The lowest BCUT2D eigenvalue weighted by atomic mass is 10.1. The monoisotopic (exact) mass is 806 g/mol. The fourth-order valence-electron chi connectivity index (χ4n) is 4.11. The number of nitrogens with zero attached hydrogens (tertiary/aromatic N) is 5. The van der Waals surface area contributed by atoms with Crippen LogP contribution in [0, 0.1) is 0 Å². The number of anilines is 2. The van der Waals surface area contributed by atoms with E-state index in [1.54, 1.807) is 30.3 Å². The van der Waals surface area contributed by atoms with Crippen LogP contribution in [0.15, 0.2) is 87.7 Å². The van der Waals surface area contributed by atoms with Crippen molar-refractivity contribution in [1.82, 2.24) is 4.72 Å². The van der Waals surface area contributed by atoms with Crippen molar-refractivity contribution in [3.8, 4) is 0 Å². The molecule has 0 saturated carbocycles. The van der Waals surface area contributed by atoms with Crippen LogP contribution in [0.2, 0.25) is 0 Å². The zero-order valence-corrected chi connectivity index (χ0v) is 30.2. The Balaban J connectivity index is 0.000000755. The lowest BCUT2D eigenvalue weighted by Gasteiger charge is -2.17. The fourth-order valence-corrected chi connectivity index (χ4v) is 6.43. The van der Waals surface area contributed by atoms with E-state index in [0.29, 0.717) is 10.8 Å². The molecule has 4 aromatic carbocycles. The summed E-state index contributed by atoms with van der Waals surface area (Å²) >= 11 is 3.12. The minimum Gasteiger partial charge on any atom is -1.00 e. The molecule has 3 N–H and O–H groups in total. The van der Waals surface area contributed by atoms with E-state index >= 15 is 0 Å². The smallest absolute Gasteiger partial charge is 0.261 e. The van der Waals surface area contributed by atoms with Gasteiger partial charge in [0.1, 0.15) is 0 Å². The Morgan fingerprint density at radius 2 is 1.22 bits per heavy atom. The average molecular weight is 809 g/mol. The Hall–Kier alpha value is -2.62. The highest BCUT2D eigenvalue weighted by Gasteiger charge is 2.18. The molecular formula is C29H39Br2ClN7O4S2-. The summed E-state index contributed by atoms with van der Waals surface area (Å²) in [6.45, 7) is 0.875. The number of alkyl halides is 1. The third-order valence-corrected chi connectivity index (χ3v) is 9.27. The van der Waals surface area contributed by atoms with Crippen LogP contribution < -0.4 is 37.2 Å². The molecule has 0 fully saturated rings. The molecule has 0 aromatic heterocycles. The lowest BCUT2D eigenvalue weighted by Crippen LogP contribution is -3.00. The second kappa shape index (κ2) is 19.8. The maximum atomic E-state index is 12.4. The molecule has 0 saturated heterocycles. The van der Waals surface area contributed by atoms with E-state index in [1.165, 1.54) is 6.07 Å². The average Bonchev–Trinajstić information content (AvgIpc) is 2.97. The number of hydrogen-bond acceptors (Lipinski definition) is 8. The first-order valence-corrected chi connectivity index (χ1v) is 17.8. The van der Waals surface area contributed by atoms with Crippen molar-refractivity contribution in [2.24, 2.45) is 10.8 Å². The fraction of sp³-hybridized carbons (Fsp3) is 0.310. The maximum absolute atomic E-state index is 12.4.